The first-order chi connectivity index (χ1) is 20.2. The molecule has 3 aromatic carbocycles. The van der Waals surface area contributed by atoms with Crippen LogP contribution >= 0.6 is 23.1 Å². The number of aryl methyl sites for hydroxylation is 2. The Labute approximate surface area is 250 Å². The van der Waals surface area contributed by atoms with E-state index in [4.69, 9.17) is 9.47 Å². The number of amides is 1. The molecule has 11 heteroatoms. The molecule has 0 spiro atoms. The van der Waals surface area contributed by atoms with Gasteiger partial charge < -0.3 is 14.6 Å². The summed E-state index contributed by atoms with van der Waals surface area (Å²) in [6, 6.07) is 16.1. The van der Waals surface area contributed by atoms with Crippen LogP contribution in [-0.4, -0.2) is 40.7 Å². The Morgan fingerprint density at radius 3 is 2.60 bits per heavy atom. The van der Waals surface area contributed by atoms with Gasteiger partial charge in [-0.2, -0.15) is 0 Å². The summed E-state index contributed by atoms with van der Waals surface area (Å²) in [5, 5.41) is 20.2. The Balaban J connectivity index is 1.61. The molecule has 1 fully saturated rings. The molecule has 5 rings (SSSR count). The summed E-state index contributed by atoms with van der Waals surface area (Å²) in [7, 11) is 1.50. The largest absolute Gasteiger partial charge is 0.507 e. The third kappa shape index (κ3) is 5.62. The van der Waals surface area contributed by atoms with Gasteiger partial charge in [0.25, 0.3) is 5.78 Å². The van der Waals surface area contributed by atoms with E-state index in [1.165, 1.54) is 29.8 Å². The van der Waals surface area contributed by atoms with Crippen molar-refractivity contribution in [1.29, 1.82) is 0 Å². The van der Waals surface area contributed by atoms with E-state index in [0.29, 0.717) is 44.9 Å². The van der Waals surface area contributed by atoms with Crippen LogP contribution < -0.4 is 14.4 Å². The first kappa shape index (κ1) is 29.3. The number of carbonyl (C=O) groups is 2. The summed E-state index contributed by atoms with van der Waals surface area (Å²) in [4.78, 5) is 28.5. The third-order valence-electron chi connectivity index (χ3n) is 6.81. The number of aromatic nitrogens is 2. The number of Topliss-reactive ketones (excluding diaryl/α,β-unsaturated/α-hetero) is 1. The van der Waals surface area contributed by atoms with Crippen LogP contribution in [0.3, 0.4) is 0 Å². The lowest BCUT2D eigenvalue weighted by Crippen LogP contribution is -2.29. The number of anilines is 1. The highest BCUT2D eigenvalue weighted by molar-refractivity contribution is 8.00. The maximum absolute atomic E-state index is 14.1. The average molecular weight is 606 g/mol. The zero-order valence-electron chi connectivity index (χ0n) is 23.4. The van der Waals surface area contributed by atoms with Crippen LogP contribution in [0.1, 0.15) is 40.8 Å². The number of thioether (sulfide) groups is 1. The zero-order chi connectivity index (χ0) is 30.0. The predicted molar refractivity (Wildman–Crippen MR) is 161 cm³/mol. The number of ketones is 1. The van der Waals surface area contributed by atoms with Gasteiger partial charge in [0, 0.05) is 11.3 Å². The molecule has 2 heterocycles. The second kappa shape index (κ2) is 12.3. The van der Waals surface area contributed by atoms with Gasteiger partial charge in [-0.3, -0.25) is 14.5 Å². The van der Waals surface area contributed by atoms with Crippen molar-refractivity contribution in [3.05, 3.63) is 99.9 Å². The van der Waals surface area contributed by atoms with Crippen molar-refractivity contribution in [2.24, 2.45) is 0 Å². The first-order valence-corrected chi connectivity index (χ1v) is 14.9. The first-order valence-electron chi connectivity index (χ1n) is 13.1. The van der Waals surface area contributed by atoms with E-state index in [9.17, 15) is 19.1 Å². The molecule has 0 saturated carbocycles. The fraction of sp³-hybridized carbons (Fsp3) is 0.226. The Kier molecular flexibility index (Phi) is 8.60. The van der Waals surface area contributed by atoms with Crippen LogP contribution in [0, 0.1) is 19.7 Å². The molecular weight excluding hydrogens is 577 g/mol. The van der Waals surface area contributed by atoms with Crippen molar-refractivity contribution < 1.29 is 28.6 Å². The minimum Gasteiger partial charge on any atom is -0.507 e. The smallest absolute Gasteiger partial charge is 0.301 e. The van der Waals surface area contributed by atoms with Crippen LogP contribution in [0.25, 0.3) is 5.76 Å². The molecule has 1 aliphatic heterocycles. The summed E-state index contributed by atoms with van der Waals surface area (Å²) in [5.41, 5.74) is 3.03. The fourth-order valence-electron chi connectivity index (χ4n) is 4.72. The molecule has 4 aromatic rings. The summed E-state index contributed by atoms with van der Waals surface area (Å²) >= 11 is 2.38. The number of rotatable bonds is 9. The van der Waals surface area contributed by atoms with Gasteiger partial charge in [-0.1, -0.05) is 65.1 Å². The number of hydrogen-bond acceptors (Lipinski definition) is 9. The molecule has 1 unspecified atom stereocenters. The number of nitrogens with zero attached hydrogens (tertiary/aromatic N) is 3. The van der Waals surface area contributed by atoms with Gasteiger partial charge in [0.15, 0.2) is 15.8 Å². The van der Waals surface area contributed by atoms with Crippen LogP contribution in [0.4, 0.5) is 9.52 Å². The van der Waals surface area contributed by atoms with Crippen LogP contribution in [0.15, 0.2) is 70.6 Å². The van der Waals surface area contributed by atoms with Crippen molar-refractivity contribution >= 4 is 45.7 Å². The lowest BCUT2D eigenvalue weighted by atomic mass is 9.93. The summed E-state index contributed by atoms with van der Waals surface area (Å²) < 4.78 is 25.8. The highest BCUT2D eigenvalue weighted by Gasteiger charge is 2.48. The molecule has 1 atom stereocenters. The fourth-order valence-corrected chi connectivity index (χ4v) is 6.58. The second-order valence-corrected chi connectivity index (χ2v) is 11.7. The molecule has 1 saturated heterocycles. The number of aliphatic hydroxyl groups is 1. The average Bonchev–Trinajstić information content (AvgIpc) is 3.55. The number of carbonyl (C=O) groups excluding carboxylic acids is 2. The van der Waals surface area contributed by atoms with E-state index in [-0.39, 0.29) is 22.3 Å². The number of methoxy groups -OCH3 is 1. The summed E-state index contributed by atoms with van der Waals surface area (Å²) in [5.74, 6) is -1.08. The molecular formula is C31H28FN3O5S2. The maximum Gasteiger partial charge on any atom is 0.301 e. The Morgan fingerprint density at radius 2 is 1.86 bits per heavy atom. The van der Waals surface area contributed by atoms with E-state index in [1.54, 1.807) is 42.5 Å². The Morgan fingerprint density at radius 1 is 1.07 bits per heavy atom. The van der Waals surface area contributed by atoms with Gasteiger partial charge in [-0.05, 0) is 61.7 Å². The van der Waals surface area contributed by atoms with E-state index >= 15 is 0 Å². The van der Waals surface area contributed by atoms with Gasteiger partial charge in [0.1, 0.15) is 11.6 Å². The molecule has 8 nitrogen and oxygen atoms in total. The van der Waals surface area contributed by atoms with E-state index in [1.807, 2.05) is 32.9 Å². The van der Waals surface area contributed by atoms with Crippen LogP contribution in [0.2, 0.25) is 0 Å². The van der Waals surface area contributed by atoms with Crippen LogP contribution in [0.5, 0.6) is 11.5 Å². The Bertz CT molecular complexity index is 1700. The molecule has 0 radical (unpaired) electrons. The number of hydrogen-bond donors (Lipinski definition) is 1. The van der Waals surface area contributed by atoms with Crippen LogP contribution in [-0.2, 0) is 15.3 Å². The molecule has 1 aliphatic rings. The van der Waals surface area contributed by atoms with Crippen molar-refractivity contribution in [2.75, 3.05) is 18.6 Å². The van der Waals surface area contributed by atoms with Gasteiger partial charge in [-0.25, -0.2) is 4.39 Å². The number of ether oxygens (including phenoxy) is 2. The molecule has 1 amide bonds. The zero-order valence-corrected chi connectivity index (χ0v) is 25.0. The van der Waals surface area contributed by atoms with E-state index < -0.39 is 17.7 Å². The molecule has 216 valence electrons. The lowest BCUT2D eigenvalue weighted by Gasteiger charge is -2.23. The number of halogens is 1. The lowest BCUT2D eigenvalue weighted by molar-refractivity contribution is -0.132. The normalized spacial score (nSPS) is 16.2. The van der Waals surface area contributed by atoms with Crippen molar-refractivity contribution in [1.82, 2.24) is 10.2 Å². The highest BCUT2D eigenvalue weighted by Crippen LogP contribution is 2.46. The minimum atomic E-state index is -1.02. The molecule has 42 heavy (non-hydrogen) atoms. The van der Waals surface area contributed by atoms with Crippen molar-refractivity contribution in [3.8, 4) is 11.5 Å². The monoisotopic (exact) mass is 605 g/mol. The number of aliphatic hydroxyl groups excluding tert-OH is 1. The highest BCUT2D eigenvalue weighted by atomic mass is 32.2. The standard InChI is InChI=1S/C31H28FN3O5S2/c1-5-40-23-13-12-19(15-24(23)39-4)26-25(27(36)21-14-17(2)10-11-18(21)3)28(37)29(38)35(26)30-33-34-31(42-30)41-16-20-8-6-7-9-22(20)32/h6-15,26,36H,5,16H2,1-4H3/b27-25+. The van der Waals surface area contributed by atoms with E-state index in [0.717, 1.165) is 22.5 Å². The van der Waals surface area contributed by atoms with Gasteiger partial charge in [-0.15, -0.1) is 10.2 Å². The minimum absolute atomic E-state index is 0.0735. The van der Waals surface area contributed by atoms with Crippen molar-refractivity contribution in [2.45, 2.75) is 36.9 Å². The molecule has 1 N–H and O–H groups in total. The quantitative estimate of drug-likeness (QED) is 0.0747. The summed E-state index contributed by atoms with van der Waals surface area (Å²) in [6.07, 6.45) is 0. The van der Waals surface area contributed by atoms with E-state index in [2.05, 4.69) is 10.2 Å². The topological polar surface area (TPSA) is 102 Å². The number of benzene rings is 3. The van der Waals surface area contributed by atoms with Gasteiger partial charge >= 0.3 is 5.91 Å². The van der Waals surface area contributed by atoms with Gasteiger partial charge in [0.05, 0.1) is 25.3 Å². The second-order valence-electron chi connectivity index (χ2n) is 9.56. The molecule has 1 aromatic heterocycles. The SMILES string of the molecule is CCOc1ccc(C2/C(=C(\O)c3cc(C)ccc3C)C(=O)C(=O)N2c2nnc(SCc3ccccc3F)s2)cc1OC. The Hall–Kier alpha value is -4.22. The molecule has 0 aliphatic carbocycles. The summed E-state index contributed by atoms with van der Waals surface area (Å²) in [6.45, 7) is 5.97. The van der Waals surface area contributed by atoms with Crippen molar-refractivity contribution in [3.63, 3.8) is 0 Å². The van der Waals surface area contributed by atoms with Gasteiger partial charge in [0.2, 0.25) is 5.13 Å². The third-order valence-corrected chi connectivity index (χ3v) is 8.91. The molecule has 0 bridgehead atoms. The predicted octanol–water partition coefficient (Wildman–Crippen LogP) is 6.62. The maximum atomic E-state index is 14.1.